The second-order valence-electron chi connectivity index (χ2n) is 5.96. The number of carboxylic acid groups (broad SMARTS) is 1. The molecule has 0 aliphatic rings. The monoisotopic (exact) mass is 342 g/mol. The Labute approximate surface area is 146 Å². The lowest BCUT2D eigenvalue weighted by molar-refractivity contribution is 0.0697. The van der Waals surface area contributed by atoms with Crippen LogP contribution in [-0.2, 0) is 0 Å². The molecule has 6 nitrogen and oxygen atoms in total. The summed E-state index contributed by atoms with van der Waals surface area (Å²) in [5, 5.41) is 14.1. The van der Waals surface area contributed by atoms with E-state index in [1.807, 2.05) is 24.3 Å². The Morgan fingerprint density at radius 2 is 1.56 bits per heavy atom. The highest BCUT2D eigenvalue weighted by molar-refractivity contribution is 5.91. The van der Waals surface area contributed by atoms with Crippen molar-refractivity contribution in [2.45, 2.75) is 32.9 Å². The molecule has 2 amide bonds. The fourth-order valence-electron chi connectivity index (χ4n) is 2.21. The molecular weight excluding hydrogens is 320 g/mol. The lowest BCUT2D eigenvalue weighted by Crippen LogP contribution is -2.39. The predicted octanol–water partition coefficient (Wildman–Crippen LogP) is 4.05. The van der Waals surface area contributed by atoms with E-state index in [2.05, 4.69) is 24.5 Å². The second kappa shape index (κ2) is 8.19. The van der Waals surface area contributed by atoms with Crippen LogP contribution in [0.1, 0.15) is 42.6 Å². The van der Waals surface area contributed by atoms with E-state index in [4.69, 9.17) is 9.84 Å². The van der Waals surface area contributed by atoms with Crippen LogP contribution in [-0.4, -0.2) is 23.3 Å². The molecule has 0 aromatic heterocycles. The fourth-order valence-corrected chi connectivity index (χ4v) is 2.21. The topological polar surface area (TPSA) is 87.7 Å². The van der Waals surface area contributed by atoms with Gasteiger partial charge in [0.15, 0.2) is 6.23 Å². The predicted molar refractivity (Wildman–Crippen MR) is 96.2 cm³/mol. The quantitative estimate of drug-likeness (QED) is 0.691. The molecule has 2 aromatic carbocycles. The van der Waals surface area contributed by atoms with E-state index in [1.165, 1.54) is 29.8 Å². The molecule has 0 saturated carbocycles. The number of hydrogen-bond donors (Lipinski definition) is 3. The number of carbonyl (C=O) groups is 2. The van der Waals surface area contributed by atoms with Crippen LogP contribution in [0.3, 0.4) is 0 Å². The molecule has 0 spiro atoms. The van der Waals surface area contributed by atoms with Gasteiger partial charge in [-0.15, -0.1) is 0 Å². The number of aromatic carboxylic acids is 1. The van der Waals surface area contributed by atoms with Gasteiger partial charge in [0.2, 0.25) is 0 Å². The van der Waals surface area contributed by atoms with E-state index >= 15 is 0 Å². The van der Waals surface area contributed by atoms with E-state index in [0.717, 1.165) is 0 Å². The molecule has 3 N–H and O–H groups in total. The van der Waals surface area contributed by atoms with E-state index < -0.39 is 18.2 Å². The molecule has 2 aromatic rings. The Morgan fingerprint density at radius 3 is 2.08 bits per heavy atom. The molecule has 6 heteroatoms. The summed E-state index contributed by atoms with van der Waals surface area (Å²) in [7, 11) is 0. The molecule has 2 rings (SSSR count). The molecule has 0 saturated heterocycles. The Morgan fingerprint density at radius 1 is 0.960 bits per heavy atom. The first-order valence-electron chi connectivity index (χ1n) is 8.02. The maximum absolute atomic E-state index is 12.0. The van der Waals surface area contributed by atoms with Gasteiger partial charge in [-0.25, -0.2) is 9.59 Å². The molecule has 0 aliphatic carbocycles. The minimum absolute atomic E-state index is 0.160. The van der Waals surface area contributed by atoms with Crippen LogP contribution in [0.2, 0.25) is 0 Å². The average Bonchev–Trinajstić information content (AvgIpc) is 2.55. The van der Waals surface area contributed by atoms with Crippen LogP contribution < -0.4 is 15.4 Å². The van der Waals surface area contributed by atoms with Crippen molar-refractivity contribution < 1.29 is 19.4 Å². The lowest BCUT2D eigenvalue weighted by Gasteiger charge is -2.17. The number of anilines is 1. The number of carbonyl (C=O) groups excluding carboxylic acids is 1. The summed E-state index contributed by atoms with van der Waals surface area (Å²) in [5.41, 5.74) is 1.87. The number of benzene rings is 2. The van der Waals surface area contributed by atoms with Crippen LogP contribution in [0.5, 0.6) is 5.75 Å². The molecule has 0 aliphatic heterocycles. The second-order valence-corrected chi connectivity index (χ2v) is 5.96. The van der Waals surface area contributed by atoms with E-state index in [9.17, 15) is 9.59 Å². The summed E-state index contributed by atoms with van der Waals surface area (Å²) in [6.07, 6.45) is -0.525. The van der Waals surface area contributed by atoms with E-state index in [1.54, 1.807) is 6.92 Å². The standard InChI is InChI=1S/C19H22N2O4/c1-12(2)14-6-10-17(11-7-14)25-13(3)20-19(24)21-16-8-4-15(5-9-16)18(22)23/h4-13H,1-3H3,(H,22,23)(H2,20,21,24). The third kappa shape index (κ3) is 5.53. The van der Waals surface area contributed by atoms with Gasteiger partial charge < -0.3 is 20.5 Å². The Balaban J connectivity index is 1.86. The number of ether oxygens (including phenoxy) is 1. The highest BCUT2D eigenvalue weighted by Gasteiger charge is 2.10. The SMILES string of the molecule is CC(NC(=O)Nc1ccc(C(=O)O)cc1)Oc1ccc(C(C)C)cc1. The van der Waals surface area contributed by atoms with Gasteiger partial charge in [-0.05, 0) is 54.8 Å². The van der Waals surface area contributed by atoms with Gasteiger partial charge in [0.1, 0.15) is 5.75 Å². The van der Waals surface area contributed by atoms with Gasteiger partial charge in [-0.3, -0.25) is 0 Å². The zero-order valence-corrected chi connectivity index (χ0v) is 14.4. The fraction of sp³-hybridized carbons (Fsp3) is 0.263. The van der Waals surface area contributed by atoms with Crippen molar-refractivity contribution in [3.05, 3.63) is 59.7 Å². The average molecular weight is 342 g/mol. The van der Waals surface area contributed by atoms with Crippen molar-refractivity contribution in [3.8, 4) is 5.75 Å². The molecule has 1 atom stereocenters. The molecule has 1 unspecified atom stereocenters. The number of urea groups is 1. The van der Waals surface area contributed by atoms with Gasteiger partial charge in [0, 0.05) is 5.69 Å². The molecule has 0 heterocycles. The van der Waals surface area contributed by atoms with Crippen molar-refractivity contribution in [2.24, 2.45) is 0 Å². The normalized spacial score (nSPS) is 11.7. The summed E-state index contributed by atoms with van der Waals surface area (Å²) in [6.45, 7) is 5.96. The lowest BCUT2D eigenvalue weighted by atomic mass is 10.0. The minimum atomic E-state index is -1.01. The number of carboxylic acids is 1. The molecular formula is C19H22N2O4. The number of amides is 2. The molecule has 25 heavy (non-hydrogen) atoms. The van der Waals surface area contributed by atoms with Crippen molar-refractivity contribution in [2.75, 3.05) is 5.32 Å². The van der Waals surface area contributed by atoms with Crippen molar-refractivity contribution in [1.29, 1.82) is 0 Å². The van der Waals surface area contributed by atoms with Crippen molar-refractivity contribution in [3.63, 3.8) is 0 Å². The van der Waals surface area contributed by atoms with Gasteiger partial charge in [0.25, 0.3) is 0 Å². The third-order valence-corrected chi connectivity index (χ3v) is 3.58. The molecule has 132 valence electrons. The first-order valence-corrected chi connectivity index (χ1v) is 8.02. The van der Waals surface area contributed by atoms with Crippen LogP contribution in [0.25, 0.3) is 0 Å². The maximum atomic E-state index is 12.0. The number of nitrogens with one attached hydrogen (secondary N) is 2. The van der Waals surface area contributed by atoms with E-state index in [-0.39, 0.29) is 5.56 Å². The number of rotatable bonds is 6. The summed E-state index contributed by atoms with van der Waals surface area (Å²) in [6, 6.07) is 13.2. The van der Waals surface area contributed by atoms with Crippen molar-refractivity contribution >= 4 is 17.7 Å². The van der Waals surface area contributed by atoms with Crippen LogP contribution in [0.4, 0.5) is 10.5 Å². The van der Waals surface area contributed by atoms with Gasteiger partial charge in [0.05, 0.1) is 5.56 Å². The van der Waals surface area contributed by atoms with E-state index in [0.29, 0.717) is 17.4 Å². The summed E-state index contributed by atoms with van der Waals surface area (Å²) < 4.78 is 5.66. The Bertz CT molecular complexity index is 724. The van der Waals surface area contributed by atoms with Gasteiger partial charge in [-0.2, -0.15) is 0 Å². The first-order chi connectivity index (χ1) is 11.8. The first kappa shape index (κ1) is 18.3. The Hall–Kier alpha value is -3.02. The third-order valence-electron chi connectivity index (χ3n) is 3.58. The van der Waals surface area contributed by atoms with Crippen LogP contribution >= 0.6 is 0 Å². The largest absolute Gasteiger partial charge is 0.478 e. The van der Waals surface area contributed by atoms with Gasteiger partial charge in [-0.1, -0.05) is 26.0 Å². The minimum Gasteiger partial charge on any atom is -0.478 e. The van der Waals surface area contributed by atoms with Crippen LogP contribution in [0.15, 0.2) is 48.5 Å². The van der Waals surface area contributed by atoms with Crippen LogP contribution in [0, 0.1) is 0 Å². The highest BCUT2D eigenvalue weighted by atomic mass is 16.5. The van der Waals surface area contributed by atoms with Gasteiger partial charge >= 0.3 is 12.0 Å². The maximum Gasteiger partial charge on any atom is 0.335 e. The number of hydrogen-bond acceptors (Lipinski definition) is 3. The summed E-state index contributed by atoms with van der Waals surface area (Å²) >= 11 is 0. The summed E-state index contributed by atoms with van der Waals surface area (Å²) in [4.78, 5) is 22.8. The smallest absolute Gasteiger partial charge is 0.335 e. The molecule has 0 radical (unpaired) electrons. The highest BCUT2D eigenvalue weighted by Crippen LogP contribution is 2.19. The summed E-state index contributed by atoms with van der Waals surface area (Å²) in [5.74, 6) is 0.104. The zero-order chi connectivity index (χ0) is 18.4. The zero-order valence-electron chi connectivity index (χ0n) is 14.4. The molecule has 0 fully saturated rings. The molecule has 0 bridgehead atoms. The van der Waals surface area contributed by atoms with Crippen molar-refractivity contribution in [1.82, 2.24) is 5.32 Å². The Kier molecular flexibility index (Phi) is 6.00.